The molecule has 0 radical (unpaired) electrons. The van der Waals surface area contributed by atoms with E-state index < -0.39 is 0 Å². The van der Waals surface area contributed by atoms with Crippen molar-refractivity contribution in [1.29, 1.82) is 10.5 Å². The van der Waals surface area contributed by atoms with Gasteiger partial charge in [-0.15, -0.1) is 5.73 Å². The van der Waals surface area contributed by atoms with Gasteiger partial charge in [-0.25, -0.2) is 0 Å². The Balaban J connectivity index is 1.85. The molecule has 33 heavy (non-hydrogen) atoms. The van der Waals surface area contributed by atoms with E-state index in [0.717, 1.165) is 35.7 Å². The smallest absolute Gasteiger partial charge is 0.101 e. The molecule has 1 heterocycles. The van der Waals surface area contributed by atoms with E-state index in [2.05, 4.69) is 78.8 Å². The minimum Gasteiger partial charge on any atom is -0.306 e. The Kier molecular flexibility index (Phi) is 5.20. The summed E-state index contributed by atoms with van der Waals surface area (Å²) in [6.45, 7) is 4.23. The number of allylic oxidation sites excluding steroid dienone is 3. The van der Waals surface area contributed by atoms with E-state index in [1.54, 1.807) is 18.2 Å². The van der Waals surface area contributed by atoms with Crippen LogP contribution >= 0.6 is 0 Å². The number of para-hydroxylation sites is 2. The molecule has 3 nitrogen and oxygen atoms in total. The van der Waals surface area contributed by atoms with Crippen molar-refractivity contribution >= 4 is 21.8 Å². The monoisotopic (exact) mass is 425 g/mol. The second-order valence-electron chi connectivity index (χ2n) is 8.41. The number of hydrogen-bond acceptors (Lipinski definition) is 2. The van der Waals surface area contributed by atoms with Gasteiger partial charge < -0.3 is 4.57 Å². The number of aromatic nitrogens is 1. The predicted octanol–water partition coefficient (Wildman–Crippen LogP) is 7.06. The van der Waals surface area contributed by atoms with E-state index >= 15 is 0 Å². The number of aryl methyl sites for hydroxylation is 2. The Morgan fingerprint density at radius 1 is 0.848 bits per heavy atom. The Bertz CT molecular complexity index is 1570. The van der Waals surface area contributed by atoms with Gasteiger partial charge in [0.05, 0.1) is 27.8 Å². The average Bonchev–Trinajstić information content (AvgIpc) is 3.43. The van der Waals surface area contributed by atoms with Gasteiger partial charge in [0.2, 0.25) is 0 Å². The molecule has 4 aromatic rings. The highest BCUT2D eigenvalue weighted by Crippen LogP contribution is 2.38. The standard InChI is InChI=1S/C30H23N3/c1-3-22-15-16-23(14-13-21-12-11-20(2)17-21)28-26-9-4-5-10-27(26)33(30(22)28)29-24(18-31)7-6-8-25(29)19-32/h4-12,15-16H,3,13-14H2,1-2H3. The minimum atomic E-state index is 0.506. The maximum Gasteiger partial charge on any atom is 0.101 e. The van der Waals surface area contributed by atoms with E-state index in [-0.39, 0.29) is 0 Å². The van der Waals surface area contributed by atoms with Gasteiger partial charge in [-0.05, 0) is 66.7 Å². The third-order valence-corrected chi connectivity index (χ3v) is 6.42. The number of rotatable bonds is 5. The summed E-state index contributed by atoms with van der Waals surface area (Å²) in [5.41, 5.74) is 12.1. The minimum absolute atomic E-state index is 0.506. The van der Waals surface area contributed by atoms with Crippen LogP contribution < -0.4 is 0 Å². The molecule has 0 spiro atoms. The van der Waals surface area contributed by atoms with Crippen molar-refractivity contribution in [1.82, 2.24) is 4.57 Å². The molecule has 0 fully saturated rings. The molecule has 0 saturated heterocycles. The van der Waals surface area contributed by atoms with Crippen molar-refractivity contribution in [3.8, 4) is 17.8 Å². The first-order valence-electron chi connectivity index (χ1n) is 11.3. The molecule has 158 valence electrons. The Morgan fingerprint density at radius 3 is 2.24 bits per heavy atom. The molecule has 0 amide bonds. The van der Waals surface area contributed by atoms with Crippen LogP contribution in [0.15, 0.2) is 83.6 Å². The quantitative estimate of drug-likeness (QED) is 0.321. The molecule has 0 N–H and O–H groups in total. The number of benzene rings is 3. The highest BCUT2D eigenvalue weighted by Gasteiger charge is 2.21. The normalized spacial score (nSPS) is 12.6. The van der Waals surface area contributed by atoms with Gasteiger partial charge in [0.25, 0.3) is 0 Å². The average molecular weight is 426 g/mol. The van der Waals surface area contributed by atoms with Crippen molar-refractivity contribution in [2.24, 2.45) is 0 Å². The van der Waals surface area contributed by atoms with Crippen LogP contribution in [0.25, 0.3) is 27.5 Å². The summed E-state index contributed by atoms with van der Waals surface area (Å²) in [4.78, 5) is 0. The van der Waals surface area contributed by atoms with Gasteiger partial charge in [-0.3, -0.25) is 0 Å². The molecular weight excluding hydrogens is 402 g/mol. The molecular formula is C30H23N3. The van der Waals surface area contributed by atoms with E-state index in [1.807, 2.05) is 6.07 Å². The van der Waals surface area contributed by atoms with Crippen molar-refractivity contribution in [2.75, 3.05) is 0 Å². The fraction of sp³-hybridized carbons (Fsp3) is 0.167. The lowest BCUT2D eigenvalue weighted by atomic mass is 9.97. The first-order valence-corrected chi connectivity index (χ1v) is 11.3. The van der Waals surface area contributed by atoms with E-state index in [4.69, 9.17) is 0 Å². The lowest BCUT2D eigenvalue weighted by Gasteiger charge is -2.14. The molecule has 1 aromatic heterocycles. The molecule has 0 aliphatic heterocycles. The maximum atomic E-state index is 9.90. The fourth-order valence-electron chi connectivity index (χ4n) is 4.90. The van der Waals surface area contributed by atoms with Crippen LogP contribution in [0.3, 0.4) is 0 Å². The van der Waals surface area contributed by atoms with E-state index in [1.165, 1.54) is 27.7 Å². The zero-order chi connectivity index (χ0) is 22.9. The molecule has 0 unspecified atom stereocenters. The second kappa shape index (κ2) is 8.33. The van der Waals surface area contributed by atoms with Gasteiger partial charge in [0, 0.05) is 10.8 Å². The zero-order valence-corrected chi connectivity index (χ0v) is 18.8. The largest absolute Gasteiger partial charge is 0.306 e. The lowest BCUT2D eigenvalue weighted by molar-refractivity contribution is 0.976. The van der Waals surface area contributed by atoms with Crippen LogP contribution in [-0.2, 0) is 12.8 Å². The van der Waals surface area contributed by atoms with E-state index in [0.29, 0.717) is 16.8 Å². The Hall–Kier alpha value is -4.30. The van der Waals surface area contributed by atoms with Gasteiger partial charge >= 0.3 is 0 Å². The summed E-state index contributed by atoms with van der Waals surface area (Å²) in [7, 11) is 0. The van der Waals surface area contributed by atoms with E-state index in [9.17, 15) is 10.5 Å². The maximum absolute atomic E-state index is 9.90. The first kappa shape index (κ1) is 20.6. The fourth-order valence-corrected chi connectivity index (χ4v) is 4.90. The number of hydrogen-bond donors (Lipinski definition) is 0. The second-order valence-corrected chi connectivity index (χ2v) is 8.41. The Labute approximate surface area is 193 Å². The number of nitriles is 2. The van der Waals surface area contributed by atoms with Crippen molar-refractivity contribution in [3.05, 3.63) is 106 Å². The van der Waals surface area contributed by atoms with Gasteiger partial charge in [-0.1, -0.05) is 55.5 Å². The molecule has 0 bridgehead atoms. The molecule has 1 aliphatic carbocycles. The number of fused-ring (bicyclic) bond motifs is 3. The summed E-state index contributed by atoms with van der Waals surface area (Å²) in [6, 6.07) is 22.7. The third-order valence-electron chi connectivity index (χ3n) is 6.42. The predicted molar refractivity (Wildman–Crippen MR) is 133 cm³/mol. The molecule has 0 atom stereocenters. The van der Waals surface area contributed by atoms with Crippen LogP contribution in [-0.4, -0.2) is 4.57 Å². The molecule has 1 aliphatic rings. The topological polar surface area (TPSA) is 52.5 Å². The zero-order valence-electron chi connectivity index (χ0n) is 18.8. The number of nitrogens with zero attached hydrogens (tertiary/aromatic N) is 3. The van der Waals surface area contributed by atoms with Crippen LogP contribution in [0.5, 0.6) is 0 Å². The molecule has 3 heteroatoms. The van der Waals surface area contributed by atoms with Gasteiger partial charge in [0.1, 0.15) is 12.1 Å². The SMILES string of the molecule is CCc1ccc(CCC2=C=C(C)C=C2)c2c3ccccc3n(-c3c(C#N)cccc3C#N)c12. The summed E-state index contributed by atoms with van der Waals surface area (Å²) >= 11 is 0. The van der Waals surface area contributed by atoms with Crippen LogP contribution in [0.2, 0.25) is 0 Å². The summed E-state index contributed by atoms with van der Waals surface area (Å²) in [6.07, 6.45) is 6.95. The highest BCUT2D eigenvalue weighted by atomic mass is 15.0. The molecule has 3 aromatic carbocycles. The summed E-state index contributed by atoms with van der Waals surface area (Å²) < 4.78 is 2.14. The Morgan fingerprint density at radius 2 is 1.58 bits per heavy atom. The van der Waals surface area contributed by atoms with Gasteiger partial charge in [-0.2, -0.15) is 10.5 Å². The van der Waals surface area contributed by atoms with Crippen molar-refractivity contribution in [2.45, 2.75) is 33.1 Å². The van der Waals surface area contributed by atoms with Crippen LogP contribution in [0, 0.1) is 22.7 Å². The van der Waals surface area contributed by atoms with Crippen LogP contribution in [0.1, 0.15) is 42.5 Å². The van der Waals surface area contributed by atoms with Crippen molar-refractivity contribution in [3.63, 3.8) is 0 Å². The first-order chi connectivity index (χ1) is 16.2. The van der Waals surface area contributed by atoms with Crippen LogP contribution in [0.4, 0.5) is 0 Å². The third kappa shape index (κ3) is 3.37. The molecule has 5 rings (SSSR count). The lowest BCUT2D eigenvalue weighted by Crippen LogP contribution is -2.03. The summed E-state index contributed by atoms with van der Waals surface area (Å²) in [5.74, 6) is 0. The van der Waals surface area contributed by atoms with Gasteiger partial charge in [0.15, 0.2) is 0 Å². The summed E-state index contributed by atoms with van der Waals surface area (Å²) in [5, 5.41) is 22.2. The molecule has 0 saturated carbocycles. The van der Waals surface area contributed by atoms with Crippen molar-refractivity contribution < 1.29 is 0 Å². The highest BCUT2D eigenvalue weighted by molar-refractivity contribution is 6.12.